The van der Waals surface area contributed by atoms with Crippen molar-refractivity contribution < 1.29 is 23.1 Å². The molecule has 0 bridgehead atoms. The molecule has 0 aliphatic rings. The van der Waals surface area contributed by atoms with Crippen molar-refractivity contribution in [2.24, 2.45) is 0 Å². The fourth-order valence-corrected chi connectivity index (χ4v) is 2.25. The number of carbonyl (C=O) groups excluding carboxylic acids is 1. The van der Waals surface area contributed by atoms with Gasteiger partial charge in [-0.1, -0.05) is 6.92 Å². The highest BCUT2D eigenvalue weighted by atomic mass is 35.5. The van der Waals surface area contributed by atoms with Crippen LogP contribution in [0.1, 0.15) is 13.3 Å². The number of aliphatic carboxylic acids is 1. The van der Waals surface area contributed by atoms with Crippen molar-refractivity contribution in [1.82, 2.24) is 9.03 Å². The summed E-state index contributed by atoms with van der Waals surface area (Å²) in [5, 5.41) is 8.50. The van der Waals surface area contributed by atoms with E-state index in [9.17, 15) is 18.0 Å². The Kier molecular flexibility index (Phi) is 6.31. The molecule has 0 fully saturated rings. The van der Waals surface area contributed by atoms with Crippen molar-refractivity contribution in [2.75, 3.05) is 19.0 Å². The average molecular weight is 273 g/mol. The lowest BCUT2D eigenvalue weighted by Crippen LogP contribution is -2.47. The van der Waals surface area contributed by atoms with Crippen LogP contribution in [0, 0.1) is 0 Å². The molecule has 0 saturated heterocycles. The number of nitrogens with one attached hydrogen (secondary N) is 1. The molecule has 0 saturated carbocycles. The molecule has 0 aliphatic carbocycles. The van der Waals surface area contributed by atoms with Crippen molar-refractivity contribution in [2.45, 2.75) is 13.3 Å². The van der Waals surface area contributed by atoms with Gasteiger partial charge in [-0.2, -0.15) is 13.1 Å². The largest absolute Gasteiger partial charge is 0.480 e. The second-order valence-corrected chi connectivity index (χ2v) is 4.79. The minimum atomic E-state index is -4.12. The van der Waals surface area contributed by atoms with Crippen LogP contribution in [-0.4, -0.2) is 48.7 Å². The summed E-state index contributed by atoms with van der Waals surface area (Å²) >= 11 is 5.28. The maximum atomic E-state index is 11.5. The van der Waals surface area contributed by atoms with Crippen molar-refractivity contribution >= 4 is 33.7 Å². The number of rotatable bonds is 7. The molecular weight excluding hydrogens is 260 g/mol. The predicted octanol–water partition coefficient (Wildman–Crippen LogP) is -0.617. The standard InChI is InChI=1S/C7H13ClN2O5S/c1-2-6(11)10(5-7(12)13)16(14,15)9-4-3-8/h9H,2-5H2,1H3,(H,12,13). The minimum Gasteiger partial charge on any atom is -0.480 e. The van der Waals surface area contributed by atoms with E-state index in [0.29, 0.717) is 0 Å². The zero-order valence-corrected chi connectivity index (χ0v) is 10.2. The van der Waals surface area contributed by atoms with E-state index in [-0.39, 0.29) is 23.2 Å². The Balaban J connectivity index is 4.87. The van der Waals surface area contributed by atoms with Crippen LogP contribution in [0.3, 0.4) is 0 Å². The maximum Gasteiger partial charge on any atom is 0.324 e. The summed E-state index contributed by atoms with van der Waals surface area (Å²) < 4.78 is 25.3. The monoisotopic (exact) mass is 272 g/mol. The molecule has 16 heavy (non-hydrogen) atoms. The van der Waals surface area contributed by atoms with Crippen molar-refractivity contribution in [3.8, 4) is 0 Å². The van der Waals surface area contributed by atoms with Gasteiger partial charge in [0.2, 0.25) is 5.91 Å². The first kappa shape index (κ1) is 15.1. The van der Waals surface area contributed by atoms with Crippen LogP contribution < -0.4 is 4.72 Å². The molecule has 1 amide bonds. The van der Waals surface area contributed by atoms with E-state index in [2.05, 4.69) is 0 Å². The third kappa shape index (κ3) is 4.77. The number of nitrogens with zero attached hydrogens (tertiary/aromatic N) is 1. The summed E-state index contributed by atoms with van der Waals surface area (Å²) in [6.07, 6.45) is -0.102. The van der Waals surface area contributed by atoms with Crippen LogP contribution in [0.25, 0.3) is 0 Å². The van der Waals surface area contributed by atoms with E-state index in [1.165, 1.54) is 6.92 Å². The number of carbonyl (C=O) groups is 2. The summed E-state index contributed by atoms with van der Waals surface area (Å²) in [5.74, 6) is -2.16. The molecule has 0 aromatic rings. The summed E-state index contributed by atoms with van der Waals surface area (Å²) in [4.78, 5) is 21.7. The molecule has 94 valence electrons. The molecule has 9 heteroatoms. The lowest BCUT2D eigenvalue weighted by Gasteiger charge is -2.19. The third-order valence-electron chi connectivity index (χ3n) is 1.53. The van der Waals surface area contributed by atoms with Gasteiger partial charge >= 0.3 is 16.2 Å². The Morgan fingerprint density at radius 2 is 2.00 bits per heavy atom. The number of carboxylic acids is 1. The molecule has 0 atom stereocenters. The lowest BCUT2D eigenvalue weighted by atomic mass is 10.4. The summed E-state index contributed by atoms with van der Waals surface area (Å²) in [6.45, 7) is 0.468. The van der Waals surface area contributed by atoms with Gasteiger partial charge in [0, 0.05) is 18.8 Å². The number of hydrogen-bond donors (Lipinski definition) is 2. The molecule has 7 nitrogen and oxygen atoms in total. The van der Waals surface area contributed by atoms with E-state index < -0.39 is 28.6 Å². The fraction of sp³-hybridized carbons (Fsp3) is 0.714. The molecule has 0 rings (SSSR count). The summed E-state index contributed by atoms with van der Waals surface area (Å²) in [7, 11) is -4.12. The SMILES string of the molecule is CCC(=O)N(CC(=O)O)S(=O)(=O)NCCCl. The van der Waals surface area contributed by atoms with Crippen LogP contribution >= 0.6 is 11.6 Å². The minimum absolute atomic E-state index is 0.0282. The van der Waals surface area contributed by atoms with E-state index in [4.69, 9.17) is 16.7 Å². The van der Waals surface area contributed by atoms with Gasteiger partial charge in [0.25, 0.3) is 0 Å². The molecule has 0 aliphatic heterocycles. The van der Waals surface area contributed by atoms with Gasteiger partial charge in [0.05, 0.1) is 0 Å². The van der Waals surface area contributed by atoms with Crippen molar-refractivity contribution in [1.29, 1.82) is 0 Å². The number of alkyl halides is 1. The van der Waals surface area contributed by atoms with E-state index in [0.717, 1.165) is 0 Å². The van der Waals surface area contributed by atoms with Crippen LogP contribution in [0.2, 0.25) is 0 Å². The molecular formula is C7H13ClN2O5S. The normalized spacial score (nSPS) is 11.1. The van der Waals surface area contributed by atoms with Gasteiger partial charge in [0.1, 0.15) is 6.54 Å². The Bertz CT molecular complexity index is 356. The highest BCUT2D eigenvalue weighted by Gasteiger charge is 2.27. The summed E-state index contributed by atoms with van der Waals surface area (Å²) in [5.41, 5.74) is 0. The summed E-state index contributed by atoms with van der Waals surface area (Å²) in [6, 6.07) is 0. The maximum absolute atomic E-state index is 11.5. The van der Waals surface area contributed by atoms with Crippen LogP contribution in [0.5, 0.6) is 0 Å². The molecule has 2 N–H and O–H groups in total. The van der Waals surface area contributed by atoms with Gasteiger partial charge < -0.3 is 5.11 Å². The van der Waals surface area contributed by atoms with Gasteiger partial charge in [-0.3, -0.25) is 9.59 Å². The quantitative estimate of drug-likeness (QED) is 0.601. The van der Waals surface area contributed by atoms with E-state index in [1.54, 1.807) is 0 Å². The van der Waals surface area contributed by atoms with Gasteiger partial charge in [-0.05, 0) is 0 Å². The lowest BCUT2D eigenvalue weighted by molar-refractivity contribution is -0.141. The third-order valence-corrected chi connectivity index (χ3v) is 3.20. The molecule has 0 heterocycles. The number of halogens is 1. The Labute approximate surface area is 98.6 Å². The highest BCUT2D eigenvalue weighted by Crippen LogP contribution is 2.01. The molecule has 0 spiro atoms. The average Bonchev–Trinajstić information content (AvgIpc) is 2.21. The molecule has 0 radical (unpaired) electrons. The zero-order chi connectivity index (χ0) is 12.8. The Morgan fingerprint density at radius 1 is 1.44 bits per heavy atom. The first-order valence-electron chi connectivity index (χ1n) is 4.43. The van der Waals surface area contributed by atoms with Gasteiger partial charge in [0.15, 0.2) is 0 Å². The second-order valence-electron chi connectivity index (χ2n) is 2.74. The van der Waals surface area contributed by atoms with Gasteiger partial charge in [-0.15, -0.1) is 11.6 Å². The number of amides is 1. The Hall–Kier alpha value is -0.860. The highest BCUT2D eigenvalue weighted by molar-refractivity contribution is 7.87. The first-order valence-corrected chi connectivity index (χ1v) is 6.40. The van der Waals surface area contributed by atoms with Gasteiger partial charge in [-0.25, -0.2) is 4.31 Å². The second kappa shape index (κ2) is 6.66. The topological polar surface area (TPSA) is 104 Å². The van der Waals surface area contributed by atoms with Crippen LogP contribution in [-0.2, 0) is 19.8 Å². The molecule has 0 unspecified atom stereocenters. The van der Waals surface area contributed by atoms with Crippen LogP contribution in [0.15, 0.2) is 0 Å². The fourth-order valence-electron chi connectivity index (χ4n) is 0.852. The van der Waals surface area contributed by atoms with Crippen molar-refractivity contribution in [3.63, 3.8) is 0 Å². The van der Waals surface area contributed by atoms with E-state index >= 15 is 0 Å². The van der Waals surface area contributed by atoms with Crippen LogP contribution in [0.4, 0.5) is 0 Å². The molecule has 0 aromatic heterocycles. The van der Waals surface area contributed by atoms with Crippen molar-refractivity contribution in [3.05, 3.63) is 0 Å². The zero-order valence-electron chi connectivity index (χ0n) is 8.64. The first-order chi connectivity index (χ1) is 7.35. The molecule has 0 aromatic carbocycles. The predicted molar refractivity (Wildman–Crippen MR) is 57.3 cm³/mol. The van der Waals surface area contributed by atoms with E-state index in [1.807, 2.05) is 4.72 Å². The smallest absolute Gasteiger partial charge is 0.324 e. The Morgan fingerprint density at radius 3 is 2.38 bits per heavy atom. The number of carboxylic acid groups (broad SMARTS) is 1. The number of hydrogen-bond acceptors (Lipinski definition) is 4.